The van der Waals surface area contributed by atoms with Crippen molar-refractivity contribution in [1.29, 1.82) is 0 Å². The van der Waals surface area contributed by atoms with E-state index in [4.69, 9.17) is 16.3 Å². The van der Waals surface area contributed by atoms with Gasteiger partial charge in [-0.2, -0.15) is 0 Å². The van der Waals surface area contributed by atoms with Gasteiger partial charge in [-0.1, -0.05) is 0 Å². The minimum absolute atomic E-state index is 0.0746. The summed E-state index contributed by atoms with van der Waals surface area (Å²) in [7, 11) is 0. The summed E-state index contributed by atoms with van der Waals surface area (Å²) in [6, 6.07) is 0. The van der Waals surface area contributed by atoms with Crippen LogP contribution in [0.3, 0.4) is 0 Å². The van der Waals surface area contributed by atoms with Crippen molar-refractivity contribution in [1.82, 2.24) is 5.32 Å². The Kier molecular flexibility index (Phi) is 2.98. The summed E-state index contributed by atoms with van der Waals surface area (Å²) in [4.78, 5) is 11.2. The first-order valence-electron chi connectivity index (χ1n) is 5.24. The van der Waals surface area contributed by atoms with E-state index in [1.54, 1.807) is 6.92 Å². The van der Waals surface area contributed by atoms with Gasteiger partial charge in [0.05, 0.1) is 12.2 Å². The van der Waals surface area contributed by atoms with Crippen LogP contribution < -0.4 is 5.32 Å². The number of rotatable bonds is 3. The van der Waals surface area contributed by atoms with Gasteiger partial charge in [0, 0.05) is 12.5 Å². The maximum atomic E-state index is 11.2. The monoisotopic (exact) mass is 217 g/mol. The first-order valence-corrected chi connectivity index (χ1v) is 5.67. The second-order valence-corrected chi connectivity index (χ2v) is 4.89. The van der Waals surface area contributed by atoms with Crippen LogP contribution in [0.2, 0.25) is 0 Å². The lowest BCUT2D eigenvalue weighted by Gasteiger charge is -2.19. The molecule has 80 valence electrons. The Morgan fingerprint density at radius 1 is 1.64 bits per heavy atom. The summed E-state index contributed by atoms with van der Waals surface area (Å²) in [5.41, 5.74) is 0. The van der Waals surface area contributed by atoms with Crippen LogP contribution in [0, 0.1) is 5.92 Å². The van der Waals surface area contributed by atoms with Gasteiger partial charge in [0.25, 0.3) is 0 Å². The quantitative estimate of drug-likeness (QED) is 0.724. The lowest BCUT2D eigenvalue weighted by atomic mass is 9.89. The predicted molar refractivity (Wildman–Crippen MR) is 54.3 cm³/mol. The Hall–Kier alpha value is -0.280. The highest BCUT2D eigenvalue weighted by Gasteiger charge is 2.40. The standard InChI is InChI=1S/C10H16ClNO2/c1-6(11)10(13)12-5-7-4-8-2-3-9(7)14-8/h6-9H,2-5H2,1H3,(H,12,13). The van der Waals surface area contributed by atoms with Crippen LogP contribution in [-0.4, -0.2) is 30.0 Å². The van der Waals surface area contributed by atoms with Crippen LogP contribution >= 0.6 is 11.6 Å². The fourth-order valence-corrected chi connectivity index (χ4v) is 2.41. The summed E-state index contributed by atoms with van der Waals surface area (Å²) in [5, 5.41) is 2.42. The Bertz CT molecular complexity index is 232. The molecule has 0 aliphatic carbocycles. The number of carbonyl (C=O) groups excluding carboxylic acids is 1. The molecule has 0 aromatic carbocycles. The molecular weight excluding hydrogens is 202 g/mol. The maximum absolute atomic E-state index is 11.2. The third-order valence-electron chi connectivity index (χ3n) is 3.13. The van der Waals surface area contributed by atoms with Crippen molar-refractivity contribution in [2.24, 2.45) is 5.92 Å². The van der Waals surface area contributed by atoms with Gasteiger partial charge in [-0.15, -0.1) is 11.6 Å². The molecule has 0 spiro atoms. The molecule has 2 aliphatic rings. The van der Waals surface area contributed by atoms with E-state index in [9.17, 15) is 4.79 Å². The Labute approximate surface area is 89.1 Å². The fraction of sp³-hybridized carbons (Fsp3) is 0.900. The fourth-order valence-electron chi connectivity index (χ4n) is 2.33. The zero-order valence-corrected chi connectivity index (χ0v) is 9.09. The lowest BCUT2D eigenvalue weighted by Crippen LogP contribution is -2.36. The molecule has 4 unspecified atom stereocenters. The van der Waals surface area contributed by atoms with Crippen LogP contribution in [0.25, 0.3) is 0 Å². The molecule has 3 nitrogen and oxygen atoms in total. The molecule has 1 N–H and O–H groups in total. The van der Waals surface area contributed by atoms with Gasteiger partial charge in [-0.05, 0) is 26.2 Å². The van der Waals surface area contributed by atoms with Crippen molar-refractivity contribution in [3.63, 3.8) is 0 Å². The molecule has 1 amide bonds. The van der Waals surface area contributed by atoms with Crippen molar-refractivity contribution in [2.75, 3.05) is 6.54 Å². The molecule has 2 bridgehead atoms. The molecule has 0 saturated carbocycles. The number of carbonyl (C=O) groups is 1. The molecule has 2 aliphatic heterocycles. The van der Waals surface area contributed by atoms with Gasteiger partial charge >= 0.3 is 0 Å². The van der Waals surface area contributed by atoms with Crippen LogP contribution in [0.5, 0.6) is 0 Å². The molecule has 2 rings (SSSR count). The third-order valence-corrected chi connectivity index (χ3v) is 3.33. The highest BCUT2D eigenvalue weighted by Crippen LogP contribution is 2.38. The number of alkyl halides is 1. The van der Waals surface area contributed by atoms with Crippen LogP contribution in [0.15, 0.2) is 0 Å². The molecular formula is C10H16ClNO2. The van der Waals surface area contributed by atoms with E-state index in [-0.39, 0.29) is 5.91 Å². The lowest BCUT2D eigenvalue weighted by molar-refractivity contribution is -0.120. The Morgan fingerprint density at radius 2 is 2.43 bits per heavy atom. The van der Waals surface area contributed by atoms with Gasteiger partial charge < -0.3 is 10.1 Å². The van der Waals surface area contributed by atoms with Gasteiger partial charge in [0.15, 0.2) is 0 Å². The molecule has 2 fully saturated rings. The average molecular weight is 218 g/mol. The van der Waals surface area contributed by atoms with Gasteiger partial charge in [0.1, 0.15) is 5.38 Å². The number of nitrogens with one attached hydrogen (secondary N) is 1. The smallest absolute Gasteiger partial charge is 0.237 e. The number of hydrogen-bond donors (Lipinski definition) is 1. The molecule has 14 heavy (non-hydrogen) atoms. The Morgan fingerprint density at radius 3 is 2.93 bits per heavy atom. The topological polar surface area (TPSA) is 38.3 Å². The number of halogens is 1. The van der Waals surface area contributed by atoms with Crippen LogP contribution in [0.4, 0.5) is 0 Å². The van der Waals surface area contributed by atoms with Crippen LogP contribution in [-0.2, 0) is 9.53 Å². The van der Waals surface area contributed by atoms with Gasteiger partial charge in [-0.3, -0.25) is 4.79 Å². The molecule has 4 heteroatoms. The van der Waals surface area contributed by atoms with E-state index in [0.29, 0.717) is 18.1 Å². The number of amides is 1. The van der Waals surface area contributed by atoms with Crippen molar-refractivity contribution in [3.05, 3.63) is 0 Å². The van der Waals surface area contributed by atoms with Crippen molar-refractivity contribution >= 4 is 17.5 Å². The van der Waals surface area contributed by atoms with Crippen LogP contribution in [0.1, 0.15) is 26.2 Å². The van der Waals surface area contributed by atoms with Crippen molar-refractivity contribution in [3.8, 4) is 0 Å². The van der Waals surface area contributed by atoms with E-state index in [1.165, 1.54) is 6.42 Å². The van der Waals surface area contributed by atoms with E-state index in [1.807, 2.05) is 0 Å². The summed E-state index contributed by atoms with van der Waals surface area (Å²) in [6.45, 7) is 2.41. The molecule has 2 heterocycles. The highest BCUT2D eigenvalue weighted by molar-refractivity contribution is 6.30. The predicted octanol–water partition coefficient (Wildman–Crippen LogP) is 1.30. The number of fused-ring (bicyclic) bond motifs is 2. The Balaban J connectivity index is 1.74. The second-order valence-electron chi connectivity index (χ2n) is 4.23. The third kappa shape index (κ3) is 2.04. The van der Waals surface area contributed by atoms with Crippen molar-refractivity contribution in [2.45, 2.75) is 43.8 Å². The SMILES string of the molecule is CC(Cl)C(=O)NCC1CC2CCC1O2. The zero-order chi connectivity index (χ0) is 10.1. The largest absolute Gasteiger partial charge is 0.375 e. The first-order chi connectivity index (χ1) is 6.66. The zero-order valence-electron chi connectivity index (χ0n) is 8.33. The summed E-state index contributed by atoms with van der Waals surface area (Å²) in [5.74, 6) is 0.433. The molecule has 4 atom stereocenters. The molecule has 0 radical (unpaired) electrons. The highest BCUT2D eigenvalue weighted by atomic mass is 35.5. The van der Waals surface area contributed by atoms with Crippen molar-refractivity contribution < 1.29 is 9.53 Å². The van der Waals surface area contributed by atoms with E-state index in [0.717, 1.165) is 19.4 Å². The minimum atomic E-state index is -0.436. The van der Waals surface area contributed by atoms with E-state index < -0.39 is 5.38 Å². The first kappa shape index (κ1) is 10.2. The van der Waals surface area contributed by atoms with Gasteiger partial charge in [-0.25, -0.2) is 0 Å². The summed E-state index contributed by atoms with van der Waals surface area (Å²) < 4.78 is 5.69. The normalized spacial score (nSPS) is 37.1. The second kappa shape index (κ2) is 4.07. The molecule has 2 saturated heterocycles. The summed E-state index contributed by atoms with van der Waals surface area (Å²) >= 11 is 5.65. The van der Waals surface area contributed by atoms with E-state index in [2.05, 4.69) is 5.32 Å². The molecule has 0 aromatic rings. The van der Waals surface area contributed by atoms with E-state index >= 15 is 0 Å². The average Bonchev–Trinajstić information content (AvgIpc) is 2.74. The summed E-state index contributed by atoms with van der Waals surface area (Å²) in [6.07, 6.45) is 4.28. The minimum Gasteiger partial charge on any atom is -0.375 e. The number of ether oxygens (including phenoxy) is 1. The van der Waals surface area contributed by atoms with Gasteiger partial charge in [0.2, 0.25) is 5.91 Å². The maximum Gasteiger partial charge on any atom is 0.237 e. The molecule has 0 aromatic heterocycles. The number of hydrogen-bond acceptors (Lipinski definition) is 2.